The highest BCUT2D eigenvalue weighted by molar-refractivity contribution is 5.26. The molecule has 4 rings (SSSR count). The van der Waals surface area contributed by atoms with Crippen LogP contribution in [0.1, 0.15) is 92.4 Å². The molecule has 4 aliphatic rings. The summed E-state index contributed by atoms with van der Waals surface area (Å²) < 4.78 is 0. The monoisotopic (exact) mass is 400 g/mol. The Morgan fingerprint density at radius 3 is 2.62 bits per heavy atom. The van der Waals surface area contributed by atoms with Crippen LogP contribution in [0.2, 0.25) is 0 Å². The smallest absolute Gasteiger partial charge is 0.0836 e. The SMILES string of the molecule is CC(C)=CCC[C@@H](C)[C@H]1CC[C@H]2[C@@H]3CC=C4C[C@H](O)[C@@H](O)C[C@]4(C)[C@H]3CC[C@]12C. The average Bonchev–Trinajstić information content (AvgIpc) is 3.00. The minimum atomic E-state index is -0.558. The van der Waals surface area contributed by atoms with Crippen molar-refractivity contribution in [2.75, 3.05) is 0 Å². The summed E-state index contributed by atoms with van der Waals surface area (Å²) in [4.78, 5) is 0. The van der Waals surface area contributed by atoms with Gasteiger partial charge in [0.05, 0.1) is 12.2 Å². The molecule has 0 aliphatic heterocycles. The molecule has 0 aromatic carbocycles. The molecule has 0 radical (unpaired) electrons. The van der Waals surface area contributed by atoms with E-state index in [1.165, 1.54) is 56.1 Å². The molecular formula is C27H44O2. The summed E-state index contributed by atoms with van der Waals surface area (Å²) in [5.74, 6) is 4.00. The third-order valence-electron chi connectivity index (χ3n) is 10.1. The molecule has 0 aromatic rings. The van der Waals surface area contributed by atoms with Crippen LogP contribution in [0.4, 0.5) is 0 Å². The van der Waals surface area contributed by atoms with E-state index in [9.17, 15) is 10.2 Å². The molecule has 0 amide bonds. The van der Waals surface area contributed by atoms with Crippen LogP contribution in [-0.2, 0) is 0 Å². The standard InChI is InChI=1S/C27H44O2/c1-17(2)7-6-8-18(3)21-11-12-22-20-10-9-19-15-24(28)25(29)16-27(19,5)23(20)13-14-26(21,22)4/h7,9,18,20-25,28-29H,6,8,10-16H2,1-5H3/t18-,20+,21-,22+,23+,24+,25+,26-,27+/m1/s1. The molecule has 2 nitrogen and oxygen atoms in total. The summed E-state index contributed by atoms with van der Waals surface area (Å²) in [5.41, 5.74) is 3.51. The van der Waals surface area contributed by atoms with Crippen LogP contribution in [0.15, 0.2) is 23.3 Å². The first-order valence-electron chi connectivity index (χ1n) is 12.4. The van der Waals surface area contributed by atoms with Crippen LogP contribution in [-0.4, -0.2) is 22.4 Å². The third kappa shape index (κ3) is 3.57. The van der Waals surface area contributed by atoms with Crippen molar-refractivity contribution >= 4 is 0 Å². The number of aliphatic hydroxyl groups is 2. The van der Waals surface area contributed by atoms with Gasteiger partial charge in [-0.15, -0.1) is 0 Å². The highest BCUT2D eigenvalue weighted by Crippen LogP contribution is 2.67. The number of rotatable bonds is 4. The molecule has 0 heterocycles. The van der Waals surface area contributed by atoms with Gasteiger partial charge in [-0.25, -0.2) is 0 Å². The molecule has 29 heavy (non-hydrogen) atoms. The van der Waals surface area contributed by atoms with E-state index in [0.717, 1.165) is 30.1 Å². The third-order valence-corrected chi connectivity index (χ3v) is 10.1. The first kappa shape index (κ1) is 21.6. The Morgan fingerprint density at radius 1 is 1.14 bits per heavy atom. The van der Waals surface area contributed by atoms with Gasteiger partial charge < -0.3 is 10.2 Å². The zero-order valence-electron chi connectivity index (χ0n) is 19.5. The maximum Gasteiger partial charge on any atom is 0.0836 e. The topological polar surface area (TPSA) is 40.5 Å². The lowest BCUT2D eigenvalue weighted by molar-refractivity contribution is -0.0888. The molecule has 2 N–H and O–H groups in total. The Hall–Kier alpha value is -0.600. The second-order valence-electron chi connectivity index (χ2n) is 11.9. The van der Waals surface area contributed by atoms with Crippen LogP contribution in [0, 0.1) is 40.4 Å². The average molecular weight is 401 g/mol. The lowest BCUT2D eigenvalue weighted by Crippen LogP contribution is -2.53. The van der Waals surface area contributed by atoms with Gasteiger partial charge >= 0.3 is 0 Å². The van der Waals surface area contributed by atoms with Gasteiger partial charge in [0.15, 0.2) is 0 Å². The fourth-order valence-corrected chi connectivity index (χ4v) is 8.50. The molecule has 0 bridgehead atoms. The van der Waals surface area contributed by atoms with Crippen LogP contribution in [0.25, 0.3) is 0 Å². The normalized spacial score (nSPS) is 47.5. The fourth-order valence-electron chi connectivity index (χ4n) is 8.50. The lowest BCUT2D eigenvalue weighted by atomic mass is 9.46. The zero-order chi connectivity index (χ0) is 21.0. The van der Waals surface area contributed by atoms with E-state index in [2.05, 4.69) is 46.8 Å². The molecule has 0 unspecified atom stereocenters. The highest BCUT2D eigenvalue weighted by atomic mass is 16.3. The Morgan fingerprint density at radius 2 is 1.90 bits per heavy atom. The molecule has 3 fully saturated rings. The first-order valence-corrected chi connectivity index (χ1v) is 12.4. The second-order valence-corrected chi connectivity index (χ2v) is 11.9. The Bertz CT molecular complexity index is 674. The fraction of sp³-hybridized carbons (Fsp3) is 0.852. The van der Waals surface area contributed by atoms with Gasteiger partial charge in [0, 0.05) is 0 Å². The summed E-state index contributed by atoms with van der Waals surface area (Å²) in [6, 6.07) is 0. The first-order chi connectivity index (χ1) is 13.7. The van der Waals surface area contributed by atoms with Crippen LogP contribution < -0.4 is 0 Å². The van der Waals surface area contributed by atoms with Gasteiger partial charge in [0.25, 0.3) is 0 Å². The summed E-state index contributed by atoms with van der Waals surface area (Å²) in [5, 5.41) is 20.7. The van der Waals surface area contributed by atoms with Gasteiger partial charge in [-0.3, -0.25) is 0 Å². The van der Waals surface area contributed by atoms with Gasteiger partial charge in [-0.05, 0) is 112 Å². The summed E-state index contributed by atoms with van der Waals surface area (Å²) in [6.07, 6.45) is 14.5. The molecule has 4 aliphatic carbocycles. The zero-order valence-corrected chi connectivity index (χ0v) is 19.5. The number of hydrogen-bond donors (Lipinski definition) is 2. The van der Waals surface area contributed by atoms with Crippen molar-refractivity contribution in [1.29, 1.82) is 0 Å². The van der Waals surface area contributed by atoms with Crippen molar-refractivity contribution < 1.29 is 10.2 Å². The predicted octanol–water partition coefficient (Wildman–Crippen LogP) is 6.28. The van der Waals surface area contributed by atoms with E-state index in [1.807, 2.05) is 0 Å². The van der Waals surface area contributed by atoms with E-state index in [-0.39, 0.29) is 5.41 Å². The predicted molar refractivity (Wildman–Crippen MR) is 120 cm³/mol. The molecular weight excluding hydrogens is 356 g/mol. The van der Waals surface area contributed by atoms with E-state index >= 15 is 0 Å². The number of fused-ring (bicyclic) bond motifs is 5. The highest BCUT2D eigenvalue weighted by Gasteiger charge is 2.59. The maximum absolute atomic E-state index is 10.5. The number of aliphatic hydroxyl groups excluding tert-OH is 2. The molecule has 0 aromatic heterocycles. The van der Waals surface area contributed by atoms with Gasteiger partial charge in [-0.1, -0.05) is 44.1 Å². The molecule has 9 atom stereocenters. The minimum Gasteiger partial charge on any atom is -0.390 e. The Labute approximate surface area is 178 Å². The van der Waals surface area contributed by atoms with E-state index in [0.29, 0.717) is 17.8 Å². The number of allylic oxidation sites excluding steroid dienone is 3. The van der Waals surface area contributed by atoms with Crippen molar-refractivity contribution in [3.63, 3.8) is 0 Å². The second kappa shape index (κ2) is 7.83. The largest absolute Gasteiger partial charge is 0.390 e. The molecule has 2 heteroatoms. The van der Waals surface area contributed by atoms with Crippen molar-refractivity contribution in [2.45, 2.75) is 105 Å². The summed E-state index contributed by atoms with van der Waals surface area (Å²) in [6.45, 7) is 12.0. The summed E-state index contributed by atoms with van der Waals surface area (Å²) in [7, 11) is 0. The van der Waals surface area contributed by atoms with Crippen LogP contribution >= 0.6 is 0 Å². The van der Waals surface area contributed by atoms with Crippen LogP contribution in [0.5, 0.6) is 0 Å². The van der Waals surface area contributed by atoms with Gasteiger partial charge in [0.1, 0.15) is 0 Å². The van der Waals surface area contributed by atoms with Crippen LogP contribution in [0.3, 0.4) is 0 Å². The van der Waals surface area contributed by atoms with Gasteiger partial charge in [-0.2, -0.15) is 0 Å². The molecule has 0 spiro atoms. The molecule has 164 valence electrons. The van der Waals surface area contributed by atoms with Crippen molar-refractivity contribution in [1.82, 2.24) is 0 Å². The van der Waals surface area contributed by atoms with E-state index in [1.54, 1.807) is 0 Å². The number of hydrogen-bond acceptors (Lipinski definition) is 2. The summed E-state index contributed by atoms with van der Waals surface area (Å²) >= 11 is 0. The molecule has 0 saturated heterocycles. The van der Waals surface area contributed by atoms with Gasteiger partial charge in [0.2, 0.25) is 0 Å². The van der Waals surface area contributed by atoms with Crippen molar-refractivity contribution in [3.8, 4) is 0 Å². The minimum absolute atomic E-state index is 0.107. The van der Waals surface area contributed by atoms with Crippen molar-refractivity contribution in [2.24, 2.45) is 40.4 Å². The van der Waals surface area contributed by atoms with E-state index in [4.69, 9.17) is 0 Å². The molecule has 3 saturated carbocycles. The van der Waals surface area contributed by atoms with E-state index < -0.39 is 12.2 Å². The quantitative estimate of drug-likeness (QED) is 0.545. The Balaban J connectivity index is 1.52. The lowest BCUT2D eigenvalue weighted by Gasteiger charge is -2.59. The maximum atomic E-state index is 10.5. The Kier molecular flexibility index (Phi) is 5.84. The van der Waals surface area contributed by atoms with Crippen molar-refractivity contribution in [3.05, 3.63) is 23.3 Å².